The Morgan fingerprint density at radius 3 is 2.10 bits per heavy atom. The van der Waals surface area contributed by atoms with Crippen molar-refractivity contribution in [2.24, 2.45) is 29.6 Å². The molecular formula is C46H71NO16. The fourth-order valence-corrected chi connectivity index (χ4v) is 10.0. The Hall–Kier alpha value is -3.26. The van der Waals surface area contributed by atoms with Gasteiger partial charge in [0.1, 0.15) is 35.8 Å². The molecule has 1 aromatic rings. The van der Waals surface area contributed by atoms with Crippen LogP contribution in [0.4, 0.5) is 4.79 Å². The van der Waals surface area contributed by atoms with Gasteiger partial charge in [0.2, 0.25) is 0 Å². The van der Waals surface area contributed by atoms with Crippen molar-refractivity contribution in [3.05, 3.63) is 35.9 Å². The molecule has 3 aliphatic heterocycles. The van der Waals surface area contributed by atoms with Crippen molar-refractivity contribution < 1.29 is 77.1 Å². The van der Waals surface area contributed by atoms with E-state index in [0.717, 1.165) is 5.56 Å². The summed E-state index contributed by atoms with van der Waals surface area (Å²) < 4.78 is 55.7. The molecule has 4 aliphatic rings. The first-order valence-corrected chi connectivity index (χ1v) is 22.1. The van der Waals surface area contributed by atoms with Gasteiger partial charge in [0.15, 0.2) is 18.7 Å². The van der Waals surface area contributed by atoms with Gasteiger partial charge < -0.3 is 62.9 Å². The summed E-state index contributed by atoms with van der Waals surface area (Å²) in [5, 5.41) is 35.2. The minimum atomic E-state index is -1.87. The summed E-state index contributed by atoms with van der Waals surface area (Å²) >= 11 is 0. The Morgan fingerprint density at radius 1 is 0.873 bits per heavy atom. The molecule has 19 atom stereocenters. The summed E-state index contributed by atoms with van der Waals surface area (Å²) in [4.78, 5) is 55.3. The van der Waals surface area contributed by atoms with E-state index in [1.165, 1.54) is 40.0 Å². The molecule has 17 nitrogen and oxygen atoms in total. The Labute approximate surface area is 371 Å². The van der Waals surface area contributed by atoms with Crippen molar-refractivity contribution in [3.63, 3.8) is 0 Å². The van der Waals surface area contributed by atoms with Crippen LogP contribution in [-0.4, -0.2) is 150 Å². The zero-order valence-corrected chi connectivity index (χ0v) is 39.0. The summed E-state index contributed by atoms with van der Waals surface area (Å²) in [6.07, 6.45) is -11.1. The average molecular weight is 894 g/mol. The number of hydrogen-bond donors (Lipinski definition) is 3. The smallest absolute Gasteiger partial charge is 0.410 e. The maximum atomic E-state index is 14.3. The third-order valence-electron chi connectivity index (χ3n) is 14.2. The van der Waals surface area contributed by atoms with Gasteiger partial charge in [0, 0.05) is 58.3 Å². The quantitative estimate of drug-likeness (QED) is 0.224. The molecule has 4 fully saturated rings. The second-order valence-corrected chi connectivity index (χ2v) is 18.9. The molecule has 17 heteroatoms. The van der Waals surface area contributed by atoms with Crippen molar-refractivity contribution in [3.8, 4) is 0 Å². The van der Waals surface area contributed by atoms with Crippen LogP contribution in [0.2, 0.25) is 0 Å². The Bertz CT molecular complexity index is 1750. The lowest BCUT2D eigenvalue weighted by Crippen LogP contribution is -2.61. The van der Waals surface area contributed by atoms with Crippen LogP contribution in [0.1, 0.15) is 94.1 Å². The average Bonchev–Trinajstić information content (AvgIpc) is 3.78. The number of fused-ring (bicyclic) bond motifs is 1. The van der Waals surface area contributed by atoms with E-state index in [9.17, 15) is 34.5 Å². The second kappa shape index (κ2) is 20.1. The molecule has 356 valence electrons. The van der Waals surface area contributed by atoms with Crippen LogP contribution < -0.4 is 0 Å². The van der Waals surface area contributed by atoms with Gasteiger partial charge in [0.05, 0.1) is 48.1 Å². The van der Waals surface area contributed by atoms with Gasteiger partial charge in [-0.3, -0.25) is 14.4 Å². The number of hydrogen-bond acceptors (Lipinski definition) is 16. The van der Waals surface area contributed by atoms with Crippen LogP contribution in [0.25, 0.3) is 0 Å². The maximum absolute atomic E-state index is 14.3. The maximum Gasteiger partial charge on any atom is 0.410 e. The molecule has 3 N–H and O–H groups in total. The monoisotopic (exact) mass is 893 g/mol. The topological polar surface area (TPSA) is 215 Å². The minimum absolute atomic E-state index is 0.0215. The number of Topliss-reactive ketones (excluding diaryl/α,β-unsaturated/α-hetero) is 1. The molecule has 1 unspecified atom stereocenters. The van der Waals surface area contributed by atoms with Crippen molar-refractivity contribution in [1.82, 2.24) is 4.90 Å². The summed E-state index contributed by atoms with van der Waals surface area (Å²) in [5.41, 5.74) is -3.55. The highest BCUT2D eigenvalue weighted by Crippen LogP contribution is 2.52. The standard InChI is InChI=1S/C46H71NO16/c1-23-20-44(9,55-12)38(63-42-35(50)32(19-24(2)58-42)47(11)43(53)57-22-31-17-15-14-16-18-31)26(4)36(61-33-21-45(10,56-13)40(29(7)59-33)60-30(8)48)27(5)41(52)62-39-28(6)46(39,54)37(51)25(3)34(23)49/h14-18,23-29,32-33,35-40,42,50-51,54H,19-22H2,1-13H3/t23-,24-,25+,26+,27-,28?,29+,32+,33+,35-,36+,37-,38-,39-,40+,42+,44+,45-,46+/m1/s1. The van der Waals surface area contributed by atoms with Crippen LogP contribution in [0, 0.1) is 29.6 Å². The highest BCUT2D eigenvalue weighted by atomic mass is 16.7. The third-order valence-corrected chi connectivity index (χ3v) is 14.2. The SMILES string of the molecule is CO[C@]1(C)C[C@H](O[C@H]2[C@H](C)[C@@H](O[C@@H]3O[C@H](C)C[C@H](N(C)C(=O)OCc4ccccc4)[C@H]3O)[C@@](C)(OC)C[C@@H](C)C(=O)[C@H](C)[C@@H](O)[C@@]3(O)C(C)[C@H]3OC(=O)[C@@H]2C)O[C@@H](C)[C@@H]1OC(C)=O. The second-order valence-electron chi connectivity index (χ2n) is 18.9. The molecule has 0 radical (unpaired) electrons. The summed E-state index contributed by atoms with van der Waals surface area (Å²) in [5.74, 6) is -6.09. The van der Waals surface area contributed by atoms with Crippen molar-refractivity contribution in [2.45, 2.75) is 179 Å². The van der Waals surface area contributed by atoms with E-state index < -0.39 is 132 Å². The number of carbonyl (C=O) groups is 4. The van der Waals surface area contributed by atoms with E-state index in [2.05, 4.69) is 0 Å². The first kappa shape index (κ1) is 50.7. The minimum Gasteiger partial charge on any atom is -0.458 e. The van der Waals surface area contributed by atoms with E-state index in [1.54, 1.807) is 55.4 Å². The molecule has 1 amide bonds. The van der Waals surface area contributed by atoms with E-state index in [4.69, 9.17) is 42.6 Å². The Morgan fingerprint density at radius 2 is 1.49 bits per heavy atom. The molecule has 63 heavy (non-hydrogen) atoms. The van der Waals surface area contributed by atoms with E-state index in [0.29, 0.717) is 0 Å². The molecule has 1 aromatic carbocycles. The number of likely N-dealkylation sites (N-methyl/N-ethyl adjacent to an activating group) is 1. The molecule has 0 aromatic heterocycles. The van der Waals surface area contributed by atoms with Crippen molar-refractivity contribution in [1.29, 1.82) is 0 Å². The van der Waals surface area contributed by atoms with Gasteiger partial charge >= 0.3 is 18.0 Å². The van der Waals surface area contributed by atoms with Gasteiger partial charge in [-0.2, -0.15) is 0 Å². The third kappa shape index (κ3) is 10.6. The Balaban J connectivity index is 1.54. The van der Waals surface area contributed by atoms with E-state index in [1.807, 2.05) is 30.3 Å². The first-order chi connectivity index (χ1) is 29.4. The number of benzene rings is 1. The number of amides is 1. The van der Waals surface area contributed by atoms with Crippen molar-refractivity contribution >= 4 is 23.8 Å². The number of carbonyl (C=O) groups excluding carboxylic acids is 4. The first-order valence-electron chi connectivity index (χ1n) is 22.1. The Kier molecular flexibility index (Phi) is 16.2. The molecule has 3 heterocycles. The predicted octanol–water partition coefficient (Wildman–Crippen LogP) is 3.94. The summed E-state index contributed by atoms with van der Waals surface area (Å²) in [6.45, 7) is 16.6. The summed E-state index contributed by atoms with van der Waals surface area (Å²) in [6, 6.07) is 8.39. The number of nitrogens with zero attached hydrogens (tertiary/aromatic N) is 1. The number of aliphatic hydroxyl groups excluding tert-OH is 2. The lowest BCUT2D eigenvalue weighted by molar-refractivity contribution is -0.319. The number of esters is 2. The number of ether oxygens (including phenoxy) is 9. The number of methoxy groups -OCH3 is 2. The lowest BCUT2D eigenvalue weighted by atomic mass is 9.75. The lowest BCUT2D eigenvalue weighted by Gasteiger charge is -2.50. The van der Waals surface area contributed by atoms with Crippen LogP contribution in [-0.2, 0) is 63.6 Å². The molecule has 1 saturated carbocycles. The van der Waals surface area contributed by atoms with Gasteiger partial charge in [-0.15, -0.1) is 0 Å². The zero-order chi connectivity index (χ0) is 46.9. The fraction of sp³-hybridized carbons (Fsp3) is 0.783. The van der Waals surface area contributed by atoms with Crippen LogP contribution in [0.5, 0.6) is 0 Å². The molecule has 3 saturated heterocycles. The van der Waals surface area contributed by atoms with Crippen LogP contribution in [0.15, 0.2) is 30.3 Å². The molecule has 5 rings (SSSR count). The number of aliphatic hydroxyl groups is 3. The molecule has 1 aliphatic carbocycles. The zero-order valence-electron chi connectivity index (χ0n) is 39.0. The van der Waals surface area contributed by atoms with Crippen molar-refractivity contribution in [2.75, 3.05) is 21.3 Å². The number of rotatable bonds is 10. The van der Waals surface area contributed by atoms with Gasteiger partial charge in [-0.05, 0) is 53.0 Å². The predicted molar refractivity (Wildman–Crippen MR) is 224 cm³/mol. The molecular weight excluding hydrogens is 822 g/mol. The van der Waals surface area contributed by atoms with E-state index >= 15 is 0 Å². The fourth-order valence-electron chi connectivity index (χ4n) is 10.0. The van der Waals surface area contributed by atoms with Crippen LogP contribution >= 0.6 is 0 Å². The highest BCUT2D eigenvalue weighted by Gasteiger charge is 2.70. The van der Waals surface area contributed by atoms with Gasteiger partial charge in [-0.25, -0.2) is 4.79 Å². The van der Waals surface area contributed by atoms with E-state index in [-0.39, 0.29) is 31.7 Å². The van der Waals surface area contributed by atoms with Gasteiger partial charge in [-0.1, -0.05) is 58.0 Å². The largest absolute Gasteiger partial charge is 0.458 e. The van der Waals surface area contributed by atoms with Gasteiger partial charge in [0.25, 0.3) is 0 Å². The van der Waals surface area contributed by atoms with Crippen LogP contribution in [0.3, 0.4) is 0 Å². The molecule has 0 bridgehead atoms. The number of ketones is 1. The summed E-state index contributed by atoms with van der Waals surface area (Å²) in [7, 11) is 4.48. The molecule has 0 spiro atoms. The highest BCUT2D eigenvalue weighted by molar-refractivity contribution is 5.84. The normalized spacial score (nSPS) is 43.7.